The summed E-state index contributed by atoms with van der Waals surface area (Å²) in [5.41, 5.74) is -0.393. The number of rotatable bonds is 5. The van der Waals surface area contributed by atoms with Gasteiger partial charge in [-0.05, 0) is 38.0 Å². The van der Waals surface area contributed by atoms with E-state index in [0.29, 0.717) is 5.92 Å². The summed E-state index contributed by atoms with van der Waals surface area (Å²) in [5.74, 6) is 1.54. The molecule has 1 heteroatoms. The molecule has 78 valence electrons. The zero-order valence-electron chi connectivity index (χ0n) is 9.34. The number of hydrogen-bond donors (Lipinski definition) is 1. The predicted octanol–water partition coefficient (Wildman–Crippen LogP) is 3.36. The molecule has 1 atom stereocenters. The molecule has 13 heavy (non-hydrogen) atoms. The Morgan fingerprint density at radius 2 is 2.00 bits per heavy atom. The first-order chi connectivity index (χ1) is 5.99. The van der Waals surface area contributed by atoms with E-state index in [1.54, 1.807) is 0 Å². The van der Waals surface area contributed by atoms with Crippen molar-refractivity contribution in [3.05, 3.63) is 0 Å². The van der Waals surface area contributed by atoms with Crippen LogP contribution in [0.25, 0.3) is 0 Å². The Hall–Kier alpha value is -0.0400. The molecule has 0 spiro atoms. The van der Waals surface area contributed by atoms with Gasteiger partial charge in [0.05, 0.1) is 5.60 Å². The van der Waals surface area contributed by atoms with Gasteiger partial charge in [-0.1, -0.05) is 33.1 Å². The summed E-state index contributed by atoms with van der Waals surface area (Å²) in [5, 5.41) is 10.1. The minimum atomic E-state index is -0.393. The van der Waals surface area contributed by atoms with Crippen LogP contribution in [-0.4, -0.2) is 10.7 Å². The topological polar surface area (TPSA) is 20.2 Å². The van der Waals surface area contributed by atoms with Gasteiger partial charge < -0.3 is 5.11 Å². The molecule has 1 N–H and O–H groups in total. The molecule has 0 saturated heterocycles. The lowest BCUT2D eigenvalue weighted by Gasteiger charge is -2.33. The molecule has 1 aliphatic rings. The third kappa shape index (κ3) is 4.12. The predicted molar refractivity (Wildman–Crippen MR) is 56.7 cm³/mol. The summed E-state index contributed by atoms with van der Waals surface area (Å²) in [6.45, 7) is 6.45. The van der Waals surface area contributed by atoms with E-state index in [4.69, 9.17) is 0 Å². The van der Waals surface area contributed by atoms with Crippen LogP contribution in [-0.2, 0) is 0 Å². The van der Waals surface area contributed by atoms with Crippen LogP contribution in [0.5, 0.6) is 0 Å². The summed E-state index contributed by atoms with van der Waals surface area (Å²) in [6.07, 6.45) is 7.22. The Kier molecular flexibility index (Phi) is 3.78. The molecule has 0 radical (unpaired) electrons. The summed E-state index contributed by atoms with van der Waals surface area (Å²) in [4.78, 5) is 0. The highest BCUT2D eigenvalue weighted by Crippen LogP contribution is 2.35. The van der Waals surface area contributed by atoms with E-state index in [1.807, 2.05) is 6.92 Å². The van der Waals surface area contributed by atoms with Crippen molar-refractivity contribution < 1.29 is 5.11 Å². The zero-order chi connectivity index (χ0) is 9.90. The second-order valence-electron chi connectivity index (χ2n) is 5.43. The zero-order valence-corrected chi connectivity index (χ0v) is 9.34. The van der Waals surface area contributed by atoms with Gasteiger partial charge in [0.15, 0.2) is 0 Å². The molecule has 0 bridgehead atoms. The highest BCUT2D eigenvalue weighted by atomic mass is 16.3. The van der Waals surface area contributed by atoms with E-state index >= 15 is 0 Å². The summed E-state index contributed by atoms with van der Waals surface area (Å²) < 4.78 is 0. The summed E-state index contributed by atoms with van der Waals surface area (Å²) in [7, 11) is 0. The van der Waals surface area contributed by atoms with Crippen LogP contribution >= 0.6 is 0 Å². The van der Waals surface area contributed by atoms with Crippen LogP contribution in [0.15, 0.2) is 0 Å². The molecular formula is C12H24O. The van der Waals surface area contributed by atoms with Crippen LogP contribution in [0.4, 0.5) is 0 Å². The molecule has 0 heterocycles. The van der Waals surface area contributed by atoms with Crippen molar-refractivity contribution in [2.75, 3.05) is 0 Å². The first-order valence-corrected chi connectivity index (χ1v) is 5.72. The van der Waals surface area contributed by atoms with Gasteiger partial charge in [0.25, 0.3) is 0 Å². The molecule has 1 nitrogen and oxygen atoms in total. The Morgan fingerprint density at radius 1 is 1.38 bits per heavy atom. The monoisotopic (exact) mass is 184 g/mol. The van der Waals surface area contributed by atoms with Crippen LogP contribution < -0.4 is 0 Å². The SMILES string of the molecule is CC(C)CCC(C)(O)CC1CCC1. The van der Waals surface area contributed by atoms with Gasteiger partial charge in [0.2, 0.25) is 0 Å². The fourth-order valence-corrected chi connectivity index (χ4v) is 2.02. The lowest BCUT2D eigenvalue weighted by Crippen LogP contribution is -2.30. The largest absolute Gasteiger partial charge is 0.390 e. The Morgan fingerprint density at radius 3 is 2.38 bits per heavy atom. The first kappa shape index (κ1) is 11.0. The van der Waals surface area contributed by atoms with Crippen molar-refractivity contribution in [3.8, 4) is 0 Å². The maximum absolute atomic E-state index is 10.1. The van der Waals surface area contributed by atoms with Gasteiger partial charge in [-0.2, -0.15) is 0 Å². The van der Waals surface area contributed by atoms with Gasteiger partial charge in [-0.25, -0.2) is 0 Å². The number of hydrogen-bond acceptors (Lipinski definition) is 1. The lowest BCUT2D eigenvalue weighted by atomic mass is 9.76. The van der Waals surface area contributed by atoms with Gasteiger partial charge in [-0.15, -0.1) is 0 Å². The van der Waals surface area contributed by atoms with E-state index in [-0.39, 0.29) is 0 Å². The van der Waals surface area contributed by atoms with Crippen molar-refractivity contribution in [1.29, 1.82) is 0 Å². The molecule has 1 unspecified atom stereocenters. The van der Waals surface area contributed by atoms with Gasteiger partial charge in [0, 0.05) is 0 Å². The highest BCUT2D eigenvalue weighted by Gasteiger charge is 2.28. The van der Waals surface area contributed by atoms with E-state index < -0.39 is 5.60 Å². The molecule has 0 amide bonds. The van der Waals surface area contributed by atoms with Crippen molar-refractivity contribution in [2.24, 2.45) is 11.8 Å². The van der Waals surface area contributed by atoms with E-state index in [1.165, 1.54) is 19.3 Å². The van der Waals surface area contributed by atoms with Crippen molar-refractivity contribution >= 4 is 0 Å². The molecule has 1 fully saturated rings. The van der Waals surface area contributed by atoms with Crippen molar-refractivity contribution in [1.82, 2.24) is 0 Å². The summed E-state index contributed by atoms with van der Waals surface area (Å²) in [6, 6.07) is 0. The molecule has 1 rings (SSSR count). The Balaban J connectivity index is 2.19. The summed E-state index contributed by atoms with van der Waals surface area (Å²) >= 11 is 0. The van der Waals surface area contributed by atoms with E-state index in [0.717, 1.165) is 25.2 Å². The number of aliphatic hydroxyl groups is 1. The van der Waals surface area contributed by atoms with E-state index in [2.05, 4.69) is 13.8 Å². The third-order valence-electron chi connectivity index (χ3n) is 3.21. The fraction of sp³-hybridized carbons (Fsp3) is 1.00. The molecular weight excluding hydrogens is 160 g/mol. The fourth-order valence-electron chi connectivity index (χ4n) is 2.02. The van der Waals surface area contributed by atoms with Crippen LogP contribution in [0.3, 0.4) is 0 Å². The van der Waals surface area contributed by atoms with Gasteiger partial charge >= 0.3 is 0 Å². The first-order valence-electron chi connectivity index (χ1n) is 5.72. The standard InChI is InChI=1S/C12H24O/c1-10(2)7-8-12(3,13)9-11-5-4-6-11/h10-11,13H,4-9H2,1-3H3. The Labute approximate surface area is 82.5 Å². The normalized spacial score (nSPS) is 22.8. The molecule has 0 aromatic carbocycles. The van der Waals surface area contributed by atoms with Crippen LogP contribution in [0.1, 0.15) is 59.3 Å². The van der Waals surface area contributed by atoms with E-state index in [9.17, 15) is 5.11 Å². The second kappa shape index (κ2) is 4.45. The van der Waals surface area contributed by atoms with Crippen LogP contribution in [0.2, 0.25) is 0 Å². The molecule has 0 aliphatic heterocycles. The molecule has 0 aromatic heterocycles. The lowest BCUT2D eigenvalue weighted by molar-refractivity contribution is 0.00821. The maximum atomic E-state index is 10.1. The average molecular weight is 184 g/mol. The quantitative estimate of drug-likeness (QED) is 0.694. The van der Waals surface area contributed by atoms with Crippen molar-refractivity contribution in [3.63, 3.8) is 0 Å². The molecule has 1 aliphatic carbocycles. The second-order valence-corrected chi connectivity index (χ2v) is 5.43. The molecule has 1 saturated carbocycles. The maximum Gasteiger partial charge on any atom is 0.0622 e. The van der Waals surface area contributed by atoms with Crippen molar-refractivity contribution in [2.45, 2.75) is 64.9 Å². The minimum Gasteiger partial charge on any atom is -0.390 e. The Bertz CT molecular complexity index is 145. The minimum absolute atomic E-state index is 0.393. The third-order valence-corrected chi connectivity index (χ3v) is 3.21. The smallest absolute Gasteiger partial charge is 0.0622 e. The molecule has 0 aromatic rings. The highest BCUT2D eigenvalue weighted by molar-refractivity contribution is 4.81. The van der Waals surface area contributed by atoms with Crippen LogP contribution in [0, 0.1) is 11.8 Å². The average Bonchev–Trinajstić information content (AvgIpc) is 1.94. The van der Waals surface area contributed by atoms with Gasteiger partial charge in [0.1, 0.15) is 0 Å². The van der Waals surface area contributed by atoms with Gasteiger partial charge in [-0.3, -0.25) is 0 Å².